The number of carbonyl (C=O) groups excluding carboxylic acids is 1. The quantitative estimate of drug-likeness (QED) is 0.651. The van der Waals surface area contributed by atoms with Crippen LogP contribution in [0.4, 0.5) is 5.69 Å². The Hall–Kier alpha value is -1.59. The van der Waals surface area contributed by atoms with Crippen LogP contribution in [0.2, 0.25) is 0 Å². The summed E-state index contributed by atoms with van der Waals surface area (Å²) in [5, 5.41) is 5.34. The molecule has 1 atom stereocenters. The summed E-state index contributed by atoms with van der Waals surface area (Å²) >= 11 is 0. The summed E-state index contributed by atoms with van der Waals surface area (Å²) in [7, 11) is 6.19. The van der Waals surface area contributed by atoms with Crippen molar-refractivity contribution in [3.8, 4) is 5.75 Å². The van der Waals surface area contributed by atoms with Gasteiger partial charge in [0.25, 0.3) is 0 Å². The van der Waals surface area contributed by atoms with Crippen molar-refractivity contribution in [1.82, 2.24) is 0 Å². The van der Waals surface area contributed by atoms with Crippen LogP contribution in [0.5, 0.6) is 5.75 Å². The third kappa shape index (κ3) is 5.72. The van der Waals surface area contributed by atoms with E-state index in [0.717, 1.165) is 18.0 Å². The summed E-state index contributed by atoms with van der Waals surface area (Å²) in [4.78, 5) is 13.8. The third-order valence-corrected chi connectivity index (χ3v) is 5.66. The van der Waals surface area contributed by atoms with Crippen molar-refractivity contribution in [2.45, 2.75) is 57.0 Å². The van der Waals surface area contributed by atoms with Gasteiger partial charge < -0.3 is 20.3 Å². The number of rotatable bonds is 8. The lowest BCUT2D eigenvalue weighted by atomic mass is 9.80. The first kappa shape index (κ1) is 19.7. The summed E-state index contributed by atoms with van der Waals surface area (Å²) in [5.41, 5.74) is 1.19. The van der Waals surface area contributed by atoms with Gasteiger partial charge in [-0.05, 0) is 44.0 Å². The van der Waals surface area contributed by atoms with Gasteiger partial charge >= 0.3 is 0 Å². The van der Waals surface area contributed by atoms with Gasteiger partial charge in [-0.2, -0.15) is 0 Å². The Bertz CT molecular complexity index is 536. The van der Waals surface area contributed by atoms with E-state index in [1.165, 1.54) is 32.1 Å². The minimum atomic E-state index is 0.0730. The second-order valence-electron chi connectivity index (χ2n) is 7.74. The highest BCUT2D eigenvalue weighted by Gasteiger charge is 2.40. The molecule has 0 saturated heterocycles. The lowest BCUT2D eigenvalue weighted by Crippen LogP contribution is -3.19. The number of anilines is 1. The van der Waals surface area contributed by atoms with Gasteiger partial charge in [0.1, 0.15) is 17.8 Å². The maximum Gasteiger partial charge on any atom is 0.230 e. The Kier molecular flexibility index (Phi) is 7.26. The average molecular weight is 350 g/mol. The molecule has 0 spiro atoms. The SMILES string of the molecule is COc1ccc(NC(=O)C[C@H](C)[NH2+]CC2([NH+](C)C)CCCCC2)cc1. The van der Waals surface area contributed by atoms with Gasteiger partial charge in [-0.15, -0.1) is 0 Å². The maximum atomic E-state index is 12.3. The fourth-order valence-corrected chi connectivity index (χ4v) is 3.83. The Labute approximate surface area is 152 Å². The van der Waals surface area contributed by atoms with Crippen molar-refractivity contribution >= 4 is 11.6 Å². The summed E-state index contributed by atoms with van der Waals surface area (Å²) in [6.07, 6.45) is 7.18. The van der Waals surface area contributed by atoms with Gasteiger partial charge in [0.15, 0.2) is 0 Å². The molecule has 1 aromatic rings. The normalized spacial score (nSPS) is 18.0. The highest BCUT2D eigenvalue weighted by molar-refractivity contribution is 5.90. The average Bonchev–Trinajstić information content (AvgIpc) is 2.61. The molecule has 1 saturated carbocycles. The topological polar surface area (TPSA) is 59.4 Å². The first-order chi connectivity index (χ1) is 11.9. The number of methoxy groups -OCH3 is 1. The minimum absolute atomic E-state index is 0.0730. The van der Waals surface area contributed by atoms with E-state index in [2.05, 4.69) is 31.7 Å². The zero-order valence-electron chi connectivity index (χ0n) is 16.2. The Morgan fingerprint density at radius 3 is 2.44 bits per heavy atom. The van der Waals surface area contributed by atoms with Gasteiger partial charge in [-0.25, -0.2) is 0 Å². The predicted molar refractivity (Wildman–Crippen MR) is 101 cm³/mol. The first-order valence-corrected chi connectivity index (χ1v) is 9.53. The number of nitrogens with two attached hydrogens (primary N) is 1. The van der Waals surface area contributed by atoms with E-state index in [9.17, 15) is 4.79 Å². The van der Waals surface area contributed by atoms with E-state index >= 15 is 0 Å². The number of carbonyl (C=O) groups is 1. The fourth-order valence-electron chi connectivity index (χ4n) is 3.83. The van der Waals surface area contributed by atoms with Gasteiger partial charge in [0.05, 0.1) is 33.7 Å². The van der Waals surface area contributed by atoms with E-state index in [1.807, 2.05) is 24.3 Å². The molecule has 1 amide bonds. The highest BCUT2D eigenvalue weighted by Crippen LogP contribution is 2.24. The minimum Gasteiger partial charge on any atom is -0.497 e. The number of hydrogen-bond acceptors (Lipinski definition) is 2. The summed E-state index contributed by atoms with van der Waals surface area (Å²) < 4.78 is 5.14. The second-order valence-corrected chi connectivity index (χ2v) is 7.74. The number of ether oxygens (including phenoxy) is 1. The van der Waals surface area contributed by atoms with E-state index in [4.69, 9.17) is 4.74 Å². The molecule has 0 heterocycles. The zero-order valence-corrected chi connectivity index (χ0v) is 16.2. The maximum absolute atomic E-state index is 12.3. The van der Waals surface area contributed by atoms with Crippen molar-refractivity contribution in [2.75, 3.05) is 33.1 Å². The Balaban J connectivity index is 1.80. The van der Waals surface area contributed by atoms with Crippen molar-refractivity contribution in [2.24, 2.45) is 0 Å². The van der Waals surface area contributed by atoms with Crippen LogP contribution in [0.1, 0.15) is 45.4 Å². The molecule has 0 unspecified atom stereocenters. The number of benzene rings is 1. The third-order valence-electron chi connectivity index (χ3n) is 5.66. The van der Waals surface area contributed by atoms with Gasteiger partial charge in [-0.3, -0.25) is 4.79 Å². The molecular formula is C20H35N3O2+2. The molecule has 0 radical (unpaired) electrons. The summed E-state index contributed by atoms with van der Waals surface area (Å²) in [5.74, 6) is 0.868. The largest absolute Gasteiger partial charge is 0.497 e. The molecule has 140 valence electrons. The molecule has 0 aromatic heterocycles. The van der Waals surface area contributed by atoms with Crippen LogP contribution in [-0.2, 0) is 4.79 Å². The van der Waals surface area contributed by atoms with Gasteiger partial charge in [-0.1, -0.05) is 6.42 Å². The standard InChI is InChI=1S/C20H33N3O2/c1-16(21-15-20(23(2)3)12-6-5-7-13-20)14-19(24)22-17-8-10-18(25-4)11-9-17/h8-11,16,21H,5-7,12-15H2,1-4H3,(H,22,24)/p+2/t16-/m0/s1. The van der Waals surface area contributed by atoms with Crippen molar-refractivity contribution < 1.29 is 19.7 Å². The molecule has 1 aromatic carbocycles. The van der Waals surface area contributed by atoms with Crippen LogP contribution < -0.4 is 20.3 Å². The molecule has 0 bridgehead atoms. The van der Waals surface area contributed by atoms with Crippen LogP contribution in [0, 0.1) is 0 Å². The predicted octanol–water partition coefficient (Wildman–Crippen LogP) is 0.823. The van der Waals surface area contributed by atoms with Crippen molar-refractivity contribution in [1.29, 1.82) is 0 Å². The molecular weight excluding hydrogens is 314 g/mol. The molecule has 5 heteroatoms. The Morgan fingerprint density at radius 1 is 1.24 bits per heavy atom. The highest BCUT2D eigenvalue weighted by atomic mass is 16.5. The molecule has 5 nitrogen and oxygen atoms in total. The summed E-state index contributed by atoms with van der Waals surface area (Å²) in [6, 6.07) is 7.75. The smallest absolute Gasteiger partial charge is 0.230 e. The van der Waals surface area contributed by atoms with Crippen LogP contribution in [-0.4, -0.2) is 45.2 Å². The zero-order chi connectivity index (χ0) is 18.3. The monoisotopic (exact) mass is 349 g/mol. The van der Waals surface area contributed by atoms with Gasteiger partial charge in [0, 0.05) is 18.5 Å². The number of amides is 1. The molecule has 25 heavy (non-hydrogen) atoms. The van der Waals surface area contributed by atoms with E-state index in [-0.39, 0.29) is 11.9 Å². The Morgan fingerprint density at radius 2 is 1.88 bits per heavy atom. The van der Waals surface area contributed by atoms with Crippen molar-refractivity contribution in [3.05, 3.63) is 24.3 Å². The lowest BCUT2D eigenvalue weighted by Gasteiger charge is -2.38. The molecule has 1 aliphatic rings. The molecule has 2 rings (SSSR count). The van der Waals surface area contributed by atoms with E-state index < -0.39 is 0 Å². The molecule has 1 fully saturated rings. The molecule has 4 N–H and O–H groups in total. The second kappa shape index (κ2) is 9.20. The first-order valence-electron chi connectivity index (χ1n) is 9.53. The summed E-state index contributed by atoms with van der Waals surface area (Å²) in [6.45, 7) is 3.25. The number of likely N-dealkylation sites (N-methyl/N-ethyl adjacent to an activating group) is 1. The van der Waals surface area contributed by atoms with E-state index in [1.54, 1.807) is 12.0 Å². The van der Waals surface area contributed by atoms with Crippen LogP contribution in [0.15, 0.2) is 24.3 Å². The lowest BCUT2D eigenvalue weighted by molar-refractivity contribution is -0.936. The number of hydrogen-bond donors (Lipinski definition) is 3. The fraction of sp³-hybridized carbons (Fsp3) is 0.650. The van der Waals surface area contributed by atoms with Crippen LogP contribution in [0.3, 0.4) is 0 Å². The van der Waals surface area contributed by atoms with Crippen LogP contribution in [0.25, 0.3) is 0 Å². The number of nitrogens with one attached hydrogen (secondary N) is 2. The van der Waals surface area contributed by atoms with Gasteiger partial charge in [0.2, 0.25) is 5.91 Å². The molecule has 0 aliphatic heterocycles. The van der Waals surface area contributed by atoms with Crippen molar-refractivity contribution in [3.63, 3.8) is 0 Å². The van der Waals surface area contributed by atoms with E-state index in [0.29, 0.717) is 12.0 Å². The van der Waals surface area contributed by atoms with Crippen LogP contribution >= 0.6 is 0 Å². The molecule has 1 aliphatic carbocycles. The number of quaternary nitrogens is 2.